The lowest BCUT2D eigenvalue weighted by atomic mass is 9.78. The van der Waals surface area contributed by atoms with Crippen molar-refractivity contribution in [1.29, 1.82) is 5.26 Å². The molecule has 1 aromatic heterocycles. The van der Waals surface area contributed by atoms with Gasteiger partial charge in [-0.3, -0.25) is 0 Å². The van der Waals surface area contributed by atoms with Crippen LogP contribution >= 0.6 is 0 Å². The van der Waals surface area contributed by atoms with Gasteiger partial charge in [0, 0.05) is 12.4 Å². The lowest BCUT2D eigenvalue weighted by Gasteiger charge is -2.27. The van der Waals surface area contributed by atoms with E-state index in [0.29, 0.717) is 5.92 Å². The number of hydrogen-bond donors (Lipinski definition) is 0. The Bertz CT molecular complexity index is 369. The first-order valence-corrected chi connectivity index (χ1v) is 6.05. The summed E-state index contributed by atoms with van der Waals surface area (Å²) in [5.41, 5.74) is 1.20. The molecule has 16 heavy (non-hydrogen) atoms. The molecule has 0 spiro atoms. The maximum absolute atomic E-state index is 8.63. The van der Waals surface area contributed by atoms with Crippen LogP contribution in [0.15, 0.2) is 12.4 Å². The van der Waals surface area contributed by atoms with Gasteiger partial charge >= 0.3 is 0 Å². The average Bonchev–Trinajstić information content (AvgIpc) is 2.39. The predicted octanol–water partition coefficient (Wildman–Crippen LogP) is 3.03. The topological polar surface area (TPSA) is 49.6 Å². The molecule has 2 rings (SSSR count). The van der Waals surface area contributed by atoms with Gasteiger partial charge in [0.2, 0.25) is 5.82 Å². The number of aromatic nitrogens is 2. The molecule has 1 aromatic rings. The molecule has 0 amide bonds. The zero-order valence-corrected chi connectivity index (χ0v) is 9.69. The molecule has 3 nitrogen and oxygen atoms in total. The average molecular weight is 215 g/mol. The Morgan fingerprint density at radius 1 is 1.25 bits per heavy atom. The van der Waals surface area contributed by atoms with Crippen LogP contribution in [0.25, 0.3) is 0 Å². The summed E-state index contributed by atoms with van der Waals surface area (Å²) < 4.78 is 0. The number of nitrogens with zero attached hydrogens (tertiary/aromatic N) is 3. The van der Waals surface area contributed by atoms with Crippen LogP contribution in [0.1, 0.15) is 56.3 Å². The Kier molecular flexibility index (Phi) is 3.51. The maximum atomic E-state index is 8.63. The summed E-state index contributed by atoms with van der Waals surface area (Å²) in [6, 6.07) is 1.95. The predicted molar refractivity (Wildman–Crippen MR) is 61.7 cm³/mol. The third-order valence-corrected chi connectivity index (χ3v) is 3.67. The maximum Gasteiger partial charge on any atom is 0.232 e. The van der Waals surface area contributed by atoms with E-state index < -0.39 is 0 Å². The van der Waals surface area contributed by atoms with Crippen molar-refractivity contribution < 1.29 is 0 Å². The molecule has 0 N–H and O–H groups in total. The van der Waals surface area contributed by atoms with Crippen LogP contribution in [0.5, 0.6) is 0 Å². The molecule has 1 aliphatic rings. The Morgan fingerprint density at radius 2 is 1.88 bits per heavy atom. The van der Waals surface area contributed by atoms with Crippen molar-refractivity contribution in [3.05, 3.63) is 23.8 Å². The van der Waals surface area contributed by atoms with E-state index in [2.05, 4.69) is 16.9 Å². The molecule has 0 unspecified atom stereocenters. The normalized spacial score (nSPS) is 25.0. The first-order chi connectivity index (χ1) is 7.83. The van der Waals surface area contributed by atoms with E-state index >= 15 is 0 Å². The minimum absolute atomic E-state index is 0.269. The van der Waals surface area contributed by atoms with Crippen molar-refractivity contribution in [2.24, 2.45) is 5.92 Å². The van der Waals surface area contributed by atoms with Gasteiger partial charge in [0.25, 0.3) is 0 Å². The van der Waals surface area contributed by atoms with Gasteiger partial charge in [-0.1, -0.05) is 13.3 Å². The first kappa shape index (κ1) is 11.1. The third-order valence-electron chi connectivity index (χ3n) is 3.67. The number of nitriles is 1. The molecule has 3 heteroatoms. The van der Waals surface area contributed by atoms with E-state index in [1.54, 1.807) is 0 Å². The standard InChI is InChI=1S/C13H17N3/c1-2-10-3-5-11(6-4-10)12-8-15-13(7-14)16-9-12/h8-11H,2-6H2,1H3/t10-,11-. The zero-order valence-electron chi connectivity index (χ0n) is 9.69. The quantitative estimate of drug-likeness (QED) is 0.761. The van der Waals surface area contributed by atoms with Gasteiger partial charge in [-0.15, -0.1) is 0 Å². The third kappa shape index (κ3) is 2.38. The van der Waals surface area contributed by atoms with Gasteiger partial charge in [0.1, 0.15) is 6.07 Å². The van der Waals surface area contributed by atoms with Crippen LogP contribution in [0.3, 0.4) is 0 Å². The van der Waals surface area contributed by atoms with Crippen LogP contribution in [0.2, 0.25) is 0 Å². The molecule has 0 bridgehead atoms. The molecule has 1 aliphatic carbocycles. The van der Waals surface area contributed by atoms with E-state index in [1.807, 2.05) is 18.5 Å². The van der Waals surface area contributed by atoms with E-state index in [1.165, 1.54) is 37.7 Å². The molecule has 1 fully saturated rings. The van der Waals surface area contributed by atoms with Gasteiger partial charge in [-0.25, -0.2) is 9.97 Å². The van der Waals surface area contributed by atoms with Crippen molar-refractivity contribution in [3.63, 3.8) is 0 Å². The van der Waals surface area contributed by atoms with Crippen molar-refractivity contribution >= 4 is 0 Å². The summed E-state index contributed by atoms with van der Waals surface area (Å²) in [5, 5.41) is 8.63. The fourth-order valence-electron chi connectivity index (χ4n) is 2.51. The minimum atomic E-state index is 0.269. The lowest BCUT2D eigenvalue weighted by molar-refractivity contribution is 0.318. The number of hydrogen-bond acceptors (Lipinski definition) is 3. The summed E-state index contributed by atoms with van der Waals surface area (Å²) in [5.74, 6) is 1.79. The second-order valence-electron chi connectivity index (χ2n) is 4.58. The summed E-state index contributed by atoms with van der Waals surface area (Å²) in [4.78, 5) is 8.08. The molecule has 0 aliphatic heterocycles. The Hall–Kier alpha value is -1.43. The SMILES string of the molecule is CC[C@H]1CC[C@H](c2cnc(C#N)nc2)CC1. The van der Waals surface area contributed by atoms with Gasteiger partial charge in [-0.05, 0) is 43.1 Å². The fourth-order valence-corrected chi connectivity index (χ4v) is 2.51. The highest BCUT2D eigenvalue weighted by molar-refractivity contribution is 5.17. The lowest BCUT2D eigenvalue weighted by Crippen LogP contribution is -2.13. The second-order valence-corrected chi connectivity index (χ2v) is 4.58. The monoisotopic (exact) mass is 215 g/mol. The van der Waals surface area contributed by atoms with Crippen molar-refractivity contribution in [3.8, 4) is 6.07 Å². The van der Waals surface area contributed by atoms with Gasteiger partial charge in [-0.2, -0.15) is 5.26 Å². The number of rotatable bonds is 2. The fraction of sp³-hybridized carbons (Fsp3) is 0.615. The molecule has 0 saturated heterocycles. The Labute approximate surface area is 96.5 Å². The summed E-state index contributed by atoms with van der Waals surface area (Å²) in [7, 11) is 0. The second kappa shape index (κ2) is 5.07. The van der Waals surface area contributed by atoms with Gasteiger partial charge in [0.15, 0.2) is 0 Å². The molecule has 0 radical (unpaired) electrons. The molecule has 0 aromatic carbocycles. The Morgan fingerprint density at radius 3 is 2.38 bits per heavy atom. The smallest absolute Gasteiger partial charge is 0.227 e. The molecular formula is C13H17N3. The summed E-state index contributed by atoms with van der Waals surface area (Å²) in [6.07, 6.45) is 10.1. The molecule has 1 heterocycles. The highest BCUT2D eigenvalue weighted by atomic mass is 14.9. The molecule has 84 valence electrons. The Balaban J connectivity index is 2.00. The van der Waals surface area contributed by atoms with E-state index in [-0.39, 0.29) is 5.82 Å². The highest BCUT2D eigenvalue weighted by Crippen LogP contribution is 2.36. The zero-order chi connectivity index (χ0) is 11.4. The van der Waals surface area contributed by atoms with Crippen molar-refractivity contribution in [1.82, 2.24) is 9.97 Å². The van der Waals surface area contributed by atoms with Gasteiger partial charge < -0.3 is 0 Å². The summed E-state index contributed by atoms with van der Waals surface area (Å²) >= 11 is 0. The largest absolute Gasteiger partial charge is 0.232 e. The van der Waals surface area contributed by atoms with E-state index in [9.17, 15) is 0 Å². The minimum Gasteiger partial charge on any atom is -0.227 e. The van der Waals surface area contributed by atoms with E-state index in [4.69, 9.17) is 5.26 Å². The van der Waals surface area contributed by atoms with Crippen LogP contribution in [-0.2, 0) is 0 Å². The van der Waals surface area contributed by atoms with Crippen LogP contribution < -0.4 is 0 Å². The molecule has 1 saturated carbocycles. The summed E-state index contributed by atoms with van der Waals surface area (Å²) in [6.45, 7) is 2.27. The molecular weight excluding hydrogens is 198 g/mol. The van der Waals surface area contributed by atoms with Crippen LogP contribution in [0.4, 0.5) is 0 Å². The van der Waals surface area contributed by atoms with Crippen LogP contribution in [-0.4, -0.2) is 9.97 Å². The highest BCUT2D eigenvalue weighted by Gasteiger charge is 2.21. The first-order valence-electron chi connectivity index (χ1n) is 6.05. The van der Waals surface area contributed by atoms with Gasteiger partial charge in [0.05, 0.1) is 0 Å². The van der Waals surface area contributed by atoms with E-state index in [0.717, 1.165) is 5.92 Å². The van der Waals surface area contributed by atoms with Crippen molar-refractivity contribution in [2.45, 2.75) is 44.9 Å². The molecule has 0 atom stereocenters. The van der Waals surface area contributed by atoms with Crippen LogP contribution in [0, 0.1) is 17.2 Å². The van der Waals surface area contributed by atoms with Crippen molar-refractivity contribution in [2.75, 3.05) is 0 Å².